The van der Waals surface area contributed by atoms with Gasteiger partial charge in [0.2, 0.25) is 0 Å². The molecule has 2 aliphatic rings. The zero-order valence-corrected chi connectivity index (χ0v) is 16.9. The van der Waals surface area contributed by atoms with Crippen molar-refractivity contribution in [3.8, 4) is 28.6 Å². The quantitative estimate of drug-likeness (QED) is 0.693. The van der Waals surface area contributed by atoms with E-state index in [1.54, 1.807) is 50.4 Å². The van der Waals surface area contributed by atoms with Crippen LogP contribution >= 0.6 is 0 Å². The Balaban J connectivity index is 1.34. The lowest BCUT2D eigenvalue weighted by atomic mass is 10.1. The number of fused-ring (bicyclic) bond motifs is 2. The number of carbonyl (C=O) groups is 2. The van der Waals surface area contributed by atoms with Gasteiger partial charge in [-0.2, -0.15) is 0 Å². The molecule has 0 bridgehead atoms. The highest BCUT2D eigenvalue weighted by molar-refractivity contribution is 6.05. The van der Waals surface area contributed by atoms with Crippen LogP contribution in [0.3, 0.4) is 0 Å². The van der Waals surface area contributed by atoms with Crippen LogP contribution in [0.5, 0.6) is 17.2 Å². The lowest BCUT2D eigenvalue weighted by Gasteiger charge is -2.30. The molecule has 3 aromatic rings. The van der Waals surface area contributed by atoms with Gasteiger partial charge in [0, 0.05) is 24.4 Å². The number of carbonyl (C=O) groups excluding carboxylic acids is 2. The number of rotatable bonds is 3. The van der Waals surface area contributed by atoms with Crippen LogP contribution in [0.15, 0.2) is 47.0 Å². The monoisotopic (exact) mass is 421 g/mol. The predicted octanol–water partition coefficient (Wildman–Crippen LogP) is 3.11. The Morgan fingerprint density at radius 3 is 2.68 bits per heavy atom. The maximum Gasteiger partial charge on any atom is 0.277 e. The van der Waals surface area contributed by atoms with Gasteiger partial charge >= 0.3 is 0 Å². The van der Waals surface area contributed by atoms with Gasteiger partial charge in [0.25, 0.3) is 11.8 Å². The van der Waals surface area contributed by atoms with E-state index in [0.29, 0.717) is 47.6 Å². The fraction of sp³-hybridized carbons (Fsp3) is 0.227. The topological polar surface area (TPSA) is 103 Å². The zero-order valence-electron chi connectivity index (χ0n) is 16.9. The molecular weight excluding hydrogens is 402 g/mol. The molecule has 0 aliphatic carbocycles. The largest absolute Gasteiger partial charge is 0.486 e. The molecule has 0 saturated carbocycles. The maximum absolute atomic E-state index is 12.7. The highest BCUT2D eigenvalue weighted by Gasteiger charge is 2.29. The first-order valence-corrected chi connectivity index (χ1v) is 9.76. The van der Waals surface area contributed by atoms with E-state index in [1.807, 2.05) is 6.07 Å². The summed E-state index contributed by atoms with van der Waals surface area (Å²) in [4.78, 5) is 26.3. The highest BCUT2D eigenvalue weighted by atomic mass is 16.6. The van der Waals surface area contributed by atoms with Gasteiger partial charge in [0.15, 0.2) is 29.1 Å². The lowest BCUT2D eigenvalue weighted by molar-refractivity contribution is -0.125. The average Bonchev–Trinajstić information content (AvgIpc) is 3.28. The molecule has 3 heterocycles. The number of hydrogen-bond donors (Lipinski definition) is 1. The molecule has 158 valence electrons. The van der Waals surface area contributed by atoms with Crippen LogP contribution in [0.4, 0.5) is 11.4 Å². The summed E-state index contributed by atoms with van der Waals surface area (Å²) in [6, 6.07) is 12.0. The van der Waals surface area contributed by atoms with Crippen molar-refractivity contribution in [2.24, 2.45) is 0 Å². The summed E-state index contributed by atoms with van der Waals surface area (Å²) in [6.07, 6.45) is -0.549. The van der Waals surface area contributed by atoms with Crippen LogP contribution in [0.1, 0.15) is 17.4 Å². The number of ether oxygens (including phenoxy) is 3. The molecule has 31 heavy (non-hydrogen) atoms. The standard InChI is InChI=1S/C22H19N3O6/c1-12-22(27)25(2)16-10-14(4-6-17(16)30-12)23-21(26)15-11-19(31-24-15)13-3-5-18-20(9-13)29-8-7-28-18/h3-6,9-12H,7-8H2,1-2H3,(H,23,26)/t12-/m1/s1. The van der Waals surface area contributed by atoms with E-state index in [2.05, 4.69) is 10.5 Å². The lowest BCUT2D eigenvalue weighted by Crippen LogP contribution is -2.41. The zero-order chi connectivity index (χ0) is 21.5. The van der Waals surface area contributed by atoms with E-state index in [4.69, 9.17) is 18.7 Å². The first kappa shape index (κ1) is 19.0. The summed E-state index contributed by atoms with van der Waals surface area (Å²) < 4.78 is 22.1. The van der Waals surface area contributed by atoms with Crippen molar-refractivity contribution in [3.05, 3.63) is 48.2 Å². The number of amides is 2. The fourth-order valence-corrected chi connectivity index (χ4v) is 3.50. The van der Waals surface area contributed by atoms with Gasteiger partial charge in [-0.05, 0) is 43.3 Å². The Kier molecular flexibility index (Phi) is 4.50. The average molecular weight is 421 g/mol. The minimum absolute atomic E-state index is 0.122. The summed E-state index contributed by atoms with van der Waals surface area (Å²) in [5, 5.41) is 6.65. The Morgan fingerprint density at radius 1 is 1.06 bits per heavy atom. The predicted molar refractivity (Wildman–Crippen MR) is 111 cm³/mol. The summed E-state index contributed by atoms with van der Waals surface area (Å²) in [5.74, 6) is 1.70. The van der Waals surface area contributed by atoms with E-state index >= 15 is 0 Å². The summed E-state index contributed by atoms with van der Waals surface area (Å²) in [7, 11) is 1.67. The fourth-order valence-electron chi connectivity index (χ4n) is 3.50. The van der Waals surface area contributed by atoms with Crippen molar-refractivity contribution in [2.45, 2.75) is 13.0 Å². The van der Waals surface area contributed by atoms with Gasteiger partial charge in [-0.25, -0.2) is 0 Å². The molecule has 1 atom stereocenters. The van der Waals surface area contributed by atoms with Gasteiger partial charge < -0.3 is 29.0 Å². The maximum atomic E-state index is 12.7. The van der Waals surface area contributed by atoms with E-state index in [0.717, 1.165) is 5.56 Å². The molecule has 1 aromatic heterocycles. The van der Waals surface area contributed by atoms with Crippen LogP contribution < -0.4 is 24.4 Å². The molecule has 0 fully saturated rings. The number of aromatic nitrogens is 1. The first-order chi connectivity index (χ1) is 15.0. The van der Waals surface area contributed by atoms with Gasteiger partial charge in [0.05, 0.1) is 5.69 Å². The SMILES string of the molecule is C[C@H]1Oc2ccc(NC(=O)c3cc(-c4ccc5c(c4)OCCO5)on3)cc2N(C)C1=O. The molecule has 0 unspecified atom stereocenters. The highest BCUT2D eigenvalue weighted by Crippen LogP contribution is 2.36. The molecular formula is C22H19N3O6. The van der Waals surface area contributed by atoms with Crippen LogP contribution in [0, 0.1) is 0 Å². The third-order valence-corrected chi connectivity index (χ3v) is 5.13. The first-order valence-electron chi connectivity index (χ1n) is 9.76. The minimum atomic E-state index is -0.549. The second-order valence-corrected chi connectivity index (χ2v) is 7.23. The molecule has 0 saturated heterocycles. The van der Waals surface area contributed by atoms with Crippen LogP contribution in [-0.2, 0) is 4.79 Å². The number of likely N-dealkylation sites (N-methyl/N-ethyl adjacent to an activating group) is 1. The number of nitrogens with one attached hydrogen (secondary N) is 1. The van der Waals surface area contributed by atoms with Crippen LogP contribution in [0.25, 0.3) is 11.3 Å². The van der Waals surface area contributed by atoms with Crippen molar-refractivity contribution >= 4 is 23.2 Å². The summed E-state index contributed by atoms with van der Waals surface area (Å²) in [5.41, 5.74) is 1.93. The van der Waals surface area contributed by atoms with Gasteiger partial charge in [-0.15, -0.1) is 0 Å². The Bertz CT molecular complexity index is 1190. The second-order valence-electron chi connectivity index (χ2n) is 7.23. The molecule has 0 spiro atoms. The number of nitrogens with zero attached hydrogens (tertiary/aromatic N) is 2. The van der Waals surface area contributed by atoms with E-state index in [9.17, 15) is 9.59 Å². The van der Waals surface area contributed by atoms with E-state index in [1.165, 1.54) is 4.90 Å². The van der Waals surface area contributed by atoms with Crippen molar-refractivity contribution in [1.29, 1.82) is 0 Å². The van der Waals surface area contributed by atoms with Crippen molar-refractivity contribution in [3.63, 3.8) is 0 Å². The van der Waals surface area contributed by atoms with Gasteiger partial charge in [-0.1, -0.05) is 5.16 Å². The van der Waals surface area contributed by atoms with E-state index in [-0.39, 0.29) is 11.6 Å². The normalized spacial score (nSPS) is 17.0. The second kappa shape index (κ2) is 7.35. The van der Waals surface area contributed by atoms with Crippen molar-refractivity contribution in [1.82, 2.24) is 5.16 Å². The molecule has 2 amide bonds. The molecule has 9 heteroatoms. The Hall–Kier alpha value is -4.01. The molecule has 0 radical (unpaired) electrons. The Morgan fingerprint density at radius 2 is 1.84 bits per heavy atom. The van der Waals surface area contributed by atoms with Gasteiger partial charge in [0.1, 0.15) is 19.0 Å². The summed E-state index contributed by atoms with van der Waals surface area (Å²) in [6.45, 7) is 2.68. The van der Waals surface area contributed by atoms with Gasteiger partial charge in [-0.3, -0.25) is 9.59 Å². The third-order valence-electron chi connectivity index (χ3n) is 5.13. The summed E-state index contributed by atoms with van der Waals surface area (Å²) >= 11 is 0. The Labute approximate surface area is 177 Å². The molecule has 2 aliphatic heterocycles. The smallest absolute Gasteiger partial charge is 0.277 e. The third kappa shape index (κ3) is 3.43. The number of benzene rings is 2. The molecule has 1 N–H and O–H groups in total. The molecule has 5 rings (SSSR count). The van der Waals surface area contributed by atoms with E-state index < -0.39 is 12.0 Å². The molecule has 2 aromatic carbocycles. The number of hydrogen-bond acceptors (Lipinski definition) is 7. The minimum Gasteiger partial charge on any atom is -0.486 e. The molecule has 9 nitrogen and oxygen atoms in total. The van der Waals surface area contributed by atoms with Crippen molar-refractivity contribution < 1.29 is 28.3 Å². The van der Waals surface area contributed by atoms with Crippen molar-refractivity contribution in [2.75, 3.05) is 30.5 Å². The van der Waals surface area contributed by atoms with Crippen LogP contribution in [0.2, 0.25) is 0 Å². The van der Waals surface area contributed by atoms with Crippen LogP contribution in [-0.4, -0.2) is 43.3 Å². The number of anilines is 2.